The molecule has 2 aliphatic carbocycles. The second-order valence-electron chi connectivity index (χ2n) is 15.5. The Morgan fingerprint density at radius 3 is 2.45 bits per heavy atom. The Bertz CT molecular complexity index is 2310. The van der Waals surface area contributed by atoms with Gasteiger partial charge >= 0.3 is 0 Å². The Morgan fingerprint density at radius 2 is 1.69 bits per heavy atom. The topological polar surface area (TPSA) is 165 Å². The maximum atomic E-state index is 14.7. The highest BCUT2D eigenvalue weighted by atomic mass is 32.2. The van der Waals surface area contributed by atoms with Crippen molar-refractivity contribution in [1.29, 1.82) is 0 Å². The van der Waals surface area contributed by atoms with Crippen LogP contribution in [0.15, 0.2) is 79.1 Å². The summed E-state index contributed by atoms with van der Waals surface area (Å²) in [5, 5.41) is 6.27. The van der Waals surface area contributed by atoms with E-state index in [-0.39, 0.29) is 36.8 Å². The summed E-state index contributed by atoms with van der Waals surface area (Å²) >= 11 is 0. The largest absolute Gasteiger partial charge is 0.488 e. The summed E-state index contributed by atoms with van der Waals surface area (Å²) in [4.78, 5) is 66.4. The average molecular weight is 764 g/mol. The first kappa shape index (κ1) is 36.8. The number of ketones is 1. The Balaban J connectivity index is 1.12. The number of sulfonamides is 1. The van der Waals surface area contributed by atoms with Crippen LogP contribution < -0.4 is 14.8 Å². The summed E-state index contributed by atoms with van der Waals surface area (Å²) in [6.45, 7) is 1.84. The molecule has 4 aliphatic rings. The third-order valence-corrected chi connectivity index (χ3v) is 13.4. The summed E-state index contributed by atoms with van der Waals surface area (Å²) in [6.07, 6.45) is 10.8. The van der Waals surface area contributed by atoms with E-state index in [9.17, 15) is 27.6 Å². The molecule has 1 saturated heterocycles. The molecule has 8 rings (SSSR count). The molecule has 13 heteroatoms. The number of carbonyl (C=O) groups is 4. The molecule has 286 valence electrons. The van der Waals surface area contributed by atoms with Gasteiger partial charge in [0.05, 0.1) is 35.1 Å². The number of nitrogens with one attached hydrogen (secondary N) is 2. The van der Waals surface area contributed by atoms with Gasteiger partial charge in [-0.05, 0) is 73.6 Å². The minimum Gasteiger partial charge on any atom is -0.488 e. The third-order valence-electron chi connectivity index (χ3n) is 11.6. The zero-order valence-corrected chi connectivity index (χ0v) is 31.6. The molecule has 55 heavy (non-hydrogen) atoms. The highest BCUT2D eigenvalue weighted by molar-refractivity contribution is 7.90. The quantitative estimate of drug-likeness (QED) is 0.187. The number of hydrogen-bond donors (Lipinski definition) is 2. The fourth-order valence-corrected chi connectivity index (χ4v) is 9.61. The number of hydrogen-bond acceptors (Lipinski definition) is 9. The van der Waals surface area contributed by atoms with Crippen LogP contribution in [0.25, 0.3) is 21.5 Å². The van der Waals surface area contributed by atoms with E-state index in [0.717, 1.165) is 40.8 Å². The van der Waals surface area contributed by atoms with Gasteiger partial charge in [0.1, 0.15) is 23.6 Å². The SMILES string of the molecule is Cc1cnc(C(=O)N[C@H]2CCCCC/C=C\[C@@H]3C[C@@]3(C(=O)NS(=O)(=O)C3CC3)CC(=O)[C@@H]3C[C@@H](Oc4cc5ccccc5c5ccccc45)CN3C2=O)cn1. The lowest BCUT2D eigenvalue weighted by Gasteiger charge is -2.29. The average Bonchev–Trinajstić information content (AvgIpc) is 4.11. The fraction of sp³-hybridized carbons (Fsp3) is 0.429. The van der Waals surface area contributed by atoms with E-state index in [1.54, 1.807) is 6.92 Å². The van der Waals surface area contributed by atoms with Crippen LogP contribution in [0.4, 0.5) is 0 Å². The Kier molecular flexibility index (Phi) is 9.91. The van der Waals surface area contributed by atoms with E-state index in [1.807, 2.05) is 60.7 Å². The second kappa shape index (κ2) is 14.8. The van der Waals surface area contributed by atoms with Gasteiger partial charge in [0.25, 0.3) is 5.91 Å². The third kappa shape index (κ3) is 7.58. The van der Waals surface area contributed by atoms with Crippen molar-refractivity contribution in [2.45, 2.75) is 94.6 Å². The molecular weight excluding hydrogens is 719 g/mol. The van der Waals surface area contributed by atoms with Gasteiger partial charge < -0.3 is 15.0 Å². The molecule has 2 N–H and O–H groups in total. The first-order valence-electron chi connectivity index (χ1n) is 19.2. The molecule has 5 atom stereocenters. The number of aryl methyl sites for hydroxylation is 1. The molecule has 0 spiro atoms. The second-order valence-corrected chi connectivity index (χ2v) is 17.5. The van der Waals surface area contributed by atoms with Gasteiger partial charge in [-0.2, -0.15) is 0 Å². The molecule has 2 saturated carbocycles. The van der Waals surface area contributed by atoms with Gasteiger partial charge in [0, 0.05) is 24.4 Å². The van der Waals surface area contributed by atoms with Gasteiger partial charge in [-0.3, -0.25) is 28.9 Å². The van der Waals surface area contributed by atoms with Crippen LogP contribution in [0.1, 0.15) is 80.4 Å². The van der Waals surface area contributed by atoms with Crippen molar-refractivity contribution in [3.63, 3.8) is 0 Å². The smallest absolute Gasteiger partial charge is 0.272 e. The molecule has 3 aromatic carbocycles. The molecule has 3 fully saturated rings. The van der Waals surface area contributed by atoms with Crippen molar-refractivity contribution < 1.29 is 32.3 Å². The summed E-state index contributed by atoms with van der Waals surface area (Å²) < 4.78 is 34.8. The standard InChI is InChI=1S/C42H45N5O7S/c1-26-23-44-35(24-43-26)39(49)45-34-16-6-4-2-3-5-12-28-21-42(28,41(51)46-55(52,53)30-17-18-30)22-37(48)36-20-29(25-47(36)40(34)50)54-38-19-27-11-7-8-13-31(27)32-14-9-10-15-33(32)38/h5,7-15,19,23-24,28-30,34,36H,2-4,6,16-18,20-22,25H2,1H3,(H,45,49)(H,46,51)/b12-5-/t28-,29-,34+,36+,42-/m1/s1. The molecule has 0 unspecified atom stereocenters. The number of amides is 3. The normalized spacial score (nSPS) is 26.7. The first-order chi connectivity index (χ1) is 26.5. The van der Waals surface area contributed by atoms with Crippen molar-refractivity contribution in [1.82, 2.24) is 24.9 Å². The number of nitrogens with zero attached hydrogens (tertiary/aromatic N) is 3. The highest BCUT2D eigenvalue weighted by Crippen LogP contribution is 2.57. The molecule has 2 aliphatic heterocycles. The minimum atomic E-state index is -3.85. The van der Waals surface area contributed by atoms with Gasteiger partial charge in [-0.15, -0.1) is 0 Å². The lowest BCUT2D eigenvalue weighted by atomic mass is 9.91. The van der Waals surface area contributed by atoms with Gasteiger partial charge in [-0.1, -0.05) is 73.5 Å². The maximum Gasteiger partial charge on any atom is 0.272 e. The van der Waals surface area contributed by atoms with Crippen LogP contribution in [0.5, 0.6) is 5.75 Å². The van der Waals surface area contributed by atoms with Crippen molar-refractivity contribution in [3.05, 3.63) is 90.5 Å². The highest BCUT2D eigenvalue weighted by Gasteiger charge is 2.61. The maximum absolute atomic E-state index is 14.7. The van der Waals surface area contributed by atoms with Crippen LogP contribution in [-0.2, 0) is 24.4 Å². The van der Waals surface area contributed by atoms with Crippen molar-refractivity contribution in [2.75, 3.05) is 6.54 Å². The van der Waals surface area contributed by atoms with Gasteiger partial charge in [-0.25, -0.2) is 13.4 Å². The molecule has 0 radical (unpaired) electrons. The van der Waals surface area contributed by atoms with E-state index in [1.165, 1.54) is 17.3 Å². The predicted octanol–water partition coefficient (Wildman–Crippen LogP) is 5.33. The number of allylic oxidation sites excluding steroid dienone is 2. The fourth-order valence-electron chi connectivity index (χ4n) is 8.23. The Labute approximate surface area is 320 Å². The monoisotopic (exact) mass is 763 g/mol. The zero-order chi connectivity index (χ0) is 38.3. The van der Waals surface area contributed by atoms with Crippen molar-refractivity contribution >= 4 is 55.1 Å². The number of aromatic nitrogens is 2. The van der Waals surface area contributed by atoms with Crippen LogP contribution >= 0.6 is 0 Å². The minimum absolute atomic E-state index is 0.0751. The van der Waals surface area contributed by atoms with Crippen LogP contribution in [-0.4, -0.2) is 76.8 Å². The number of benzene rings is 3. The Morgan fingerprint density at radius 1 is 0.927 bits per heavy atom. The lowest BCUT2D eigenvalue weighted by molar-refractivity contribution is -0.140. The molecule has 0 bridgehead atoms. The number of rotatable bonds is 7. The first-order valence-corrected chi connectivity index (χ1v) is 20.8. The van der Waals surface area contributed by atoms with Crippen molar-refractivity contribution in [3.8, 4) is 5.75 Å². The van der Waals surface area contributed by atoms with Crippen LogP contribution in [0.3, 0.4) is 0 Å². The van der Waals surface area contributed by atoms with E-state index >= 15 is 0 Å². The van der Waals surface area contributed by atoms with E-state index in [0.29, 0.717) is 43.5 Å². The number of ether oxygens (including phenoxy) is 1. The predicted molar refractivity (Wildman–Crippen MR) is 206 cm³/mol. The van der Waals surface area contributed by atoms with E-state index in [2.05, 4.69) is 26.1 Å². The van der Waals surface area contributed by atoms with E-state index in [4.69, 9.17) is 4.74 Å². The van der Waals surface area contributed by atoms with Gasteiger partial charge in [0.15, 0.2) is 5.78 Å². The van der Waals surface area contributed by atoms with Crippen LogP contribution in [0.2, 0.25) is 0 Å². The Hall–Kier alpha value is -5.17. The number of Topliss-reactive ketones (excluding diaryl/α,β-unsaturated/α-hetero) is 1. The summed E-state index contributed by atoms with van der Waals surface area (Å²) in [7, 11) is -3.85. The molecule has 3 heterocycles. The lowest BCUT2D eigenvalue weighted by Crippen LogP contribution is -2.52. The summed E-state index contributed by atoms with van der Waals surface area (Å²) in [6, 6.07) is 16.0. The molecule has 12 nitrogen and oxygen atoms in total. The molecule has 4 aromatic rings. The summed E-state index contributed by atoms with van der Waals surface area (Å²) in [5.74, 6) is -1.66. The summed E-state index contributed by atoms with van der Waals surface area (Å²) in [5.41, 5.74) is -0.518. The zero-order valence-electron chi connectivity index (χ0n) is 30.8. The van der Waals surface area contributed by atoms with E-state index < -0.39 is 56.6 Å². The number of fused-ring (bicyclic) bond motifs is 5. The molecular formula is C42H45N5O7S. The van der Waals surface area contributed by atoms with Crippen LogP contribution in [0, 0.1) is 18.3 Å². The van der Waals surface area contributed by atoms with Gasteiger partial charge in [0.2, 0.25) is 21.8 Å². The number of carbonyl (C=O) groups excluding carboxylic acids is 4. The van der Waals surface area contributed by atoms with Crippen molar-refractivity contribution in [2.24, 2.45) is 11.3 Å². The molecule has 3 amide bonds. The molecule has 1 aromatic heterocycles.